The molecule has 0 aliphatic carbocycles. The molecular weight excluding hydrogens is 534 g/mol. The molecule has 172 valence electrons. The number of hydrogen-bond acceptors (Lipinski definition) is 4. The summed E-state index contributed by atoms with van der Waals surface area (Å²) in [4.78, 5) is 9.53. The second-order valence-corrected chi connectivity index (χ2v) is 11.6. The van der Waals surface area contributed by atoms with E-state index >= 15 is 0 Å². The van der Waals surface area contributed by atoms with Gasteiger partial charge < -0.3 is 10.2 Å². The van der Waals surface area contributed by atoms with E-state index in [2.05, 4.69) is 0 Å². The summed E-state index contributed by atoms with van der Waals surface area (Å²) in [6, 6.07) is 15.4. The van der Waals surface area contributed by atoms with Gasteiger partial charge in [0.05, 0.1) is 11.4 Å². The standard InChI is InChI=1S/C26H28N2O2.2ClH.Zr/c1-15-11-17(3)25(29)21(13-15)19(5)27-23-9-7-8-10-24(23)28-20(6)22-14-16(2)12-18(4)26(22)30;;;/h7-14,29-30H,1-6H3;2*1H;/q;;;+2/p-2. The van der Waals surface area contributed by atoms with E-state index in [1.165, 1.54) is 0 Å². The normalized spacial score (nSPS) is 11.6. The van der Waals surface area contributed by atoms with Gasteiger partial charge in [0.25, 0.3) is 0 Å². The van der Waals surface area contributed by atoms with E-state index < -0.39 is 20.8 Å². The van der Waals surface area contributed by atoms with Crippen LogP contribution >= 0.6 is 17.0 Å². The molecule has 0 fully saturated rings. The Kier molecular flexibility index (Phi) is 10.3. The van der Waals surface area contributed by atoms with Gasteiger partial charge in [0.2, 0.25) is 0 Å². The van der Waals surface area contributed by atoms with Crippen molar-refractivity contribution in [2.45, 2.75) is 41.5 Å². The fourth-order valence-electron chi connectivity index (χ4n) is 3.61. The molecule has 0 aliphatic heterocycles. The van der Waals surface area contributed by atoms with Crippen LogP contribution in [0.4, 0.5) is 11.4 Å². The molecule has 0 saturated carbocycles. The molecule has 4 nitrogen and oxygen atoms in total. The molecule has 0 radical (unpaired) electrons. The number of aliphatic imine (C=N–C) groups is 2. The number of para-hydroxylation sites is 2. The van der Waals surface area contributed by atoms with Crippen molar-refractivity contribution in [2.75, 3.05) is 0 Å². The van der Waals surface area contributed by atoms with Crippen molar-refractivity contribution in [1.82, 2.24) is 0 Å². The van der Waals surface area contributed by atoms with E-state index in [0.717, 1.165) is 33.4 Å². The van der Waals surface area contributed by atoms with E-state index in [9.17, 15) is 10.2 Å². The van der Waals surface area contributed by atoms with Crippen LogP contribution in [0.15, 0.2) is 58.5 Å². The maximum atomic E-state index is 10.5. The van der Waals surface area contributed by atoms with Gasteiger partial charge in [-0.15, -0.1) is 0 Å². The minimum atomic E-state index is -0.826. The molecule has 2 N–H and O–H groups in total. The molecule has 0 spiro atoms. The first kappa shape index (κ1) is 27.3. The minimum absolute atomic E-state index is 0.249. The number of halogens is 2. The van der Waals surface area contributed by atoms with Crippen LogP contribution in [0.5, 0.6) is 11.5 Å². The van der Waals surface area contributed by atoms with E-state index in [1.54, 1.807) is 0 Å². The Morgan fingerprint density at radius 1 is 0.697 bits per heavy atom. The van der Waals surface area contributed by atoms with Crippen LogP contribution in [0, 0.1) is 27.7 Å². The molecule has 0 amide bonds. The van der Waals surface area contributed by atoms with Gasteiger partial charge in [0.15, 0.2) is 0 Å². The summed E-state index contributed by atoms with van der Waals surface area (Å²) in [5, 5.41) is 21.0. The van der Waals surface area contributed by atoms with Gasteiger partial charge in [0.1, 0.15) is 11.5 Å². The van der Waals surface area contributed by atoms with Crippen molar-refractivity contribution in [3.8, 4) is 11.5 Å². The average molecular weight is 563 g/mol. The fourth-order valence-corrected chi connectivity index (χ4v) is 3.61. The van der Waals surface area contributed by atoms with E-state index in [0.29, 0.717) is 22.8 Å². The summed E-state index contributed by atoms with van der Waals surface area (Å²) in [7, 11) is 9.87. The molecule has 0 aromatic heterocycles. The molecule has 0 unspecified atom stereocenters. The van der Waals surface area contributed by atoms with E-state index in [-0.39, 0.29) is 11.5 Å². The summed E-state index contributed by atoms with van der Waals surface area (Å²) in [6.07, 6.45) is 0. The fraction of sp³-hybridized carbons (Fsp3) is 0.231. The van der Waals surface area contributed by atoms with Crippen molar-refractivity contribution in [1.29, 1.82) is 0 Å². The number of phenolic OH excluding ortho intramolecular Hbond substituents is 2. The van der Waals surface area contributed by atoms with Gasteiger partial charge in [-0.25, -0.2) is 0 Å². The molecule has 0 bridgehead atoms. The average Bonchev–Trinajstić information content (AvgIpc) is 2.75. The molecular formula is C26H28Cl2N2O2Zr. The third-order valence-corrected chi connectivity index (χ3v) is 5.13. The number of rotatable bonds is 4. The van der Waals surface area contributed by atoms with Crippen molar-refractivity contribution < 1.29 is 31.1 Å². The third kappa shape index (κ3) is 7.27. The summed E-state index contributed by atoms with van der Waals surface area (Å²) in [6.45, 7) is 11.5. The van der Waals surface area contributed by atoms with Gasteiger partial charge in [0, 0.05) is 22.6 Å². The van der Waals surface area contributed by atoms with Crippen LogP contribution in [0.1, 0.15) is 47.2 Å². The molecule has 0 heterocycles. The monoisotopic (exact) mass is 560 g/mol. The Bertz CT molecular complexity index is 1110. The van der Waals surface area contributed by atoms with Crippen LogP contribution < -0.4 is 0 Å². The summed E-state index contributed by atoms with van der Waals surface area (Å²) >= 11 is -0.826. The number of phenols is 2. The van der Waals surface area contributed by atoms with Crippen molar-refractivity contribution >= 4 is 39.8 Å². The van der Waals surface area contributed by atoms with Gasteiger partial charge in [-0.2, -0.15) is 0 Å². The van der Waals surface area contributed by atoms with Crippen LogP contribution in [0.2, 0.25) is 0 Å². The number of nitrogens with zero attached hydrogens (tertiary/aromatic N) is 2. The zero-order valence-electron chi connectivity index (χ0n) is 19.7. The predicted molar refractivity (Wildman–Crippen MR) is 137 cm³/mol. The number of aryl methyl sites for hydroxylation is 4. The number of aromatic hydroxyl groups is 2. The van der Waals surface area contributed by atoms with Gasteiger partial charge >= 0.3 is 37.9 Å². The Balaban J connectivity index is 0.00000122. The molecule has 33 heavy (non-hydrogen) atoms. The molecule has 0 aliphatic rings. The SMILES string of the molecule is CC(=Nc1ccccc1N=C(C)c1cc(C)cc(C)c1O)c1cc(C)cc(C)c1O.[Cl][Zr][Cl]. The first-order valence-corrected chi connectivity index (χ1v) is 16.7. The molecule has 3 aromatic carbocycles. The topological polar surface area (TPSA) is 65.2 Å². The van der Waals surface area contributed by atoms with Crippen LogP contribution in [0.25, 0.3) is 0 Å². The van der Waals surface area contributed by atoms with Gasteiger partial charge in [-0.3, -0.25) is 9.98 Å². The maximum absolute atomic E-state index is 10.5. The van der Waals surface area contributed by atoms with Crippen LogP contribution in [-0.4, -0.2) is 21.6 Å². The number of benzene rings is 3. The molecule has 3 aromatic rings. The quantitative estimate of drug-likeness (QED) is 0.317. The van der Waals surface area contributed by atoms with Crippen molar-refractivity contribution in [3.05, 3.63) is 81.9 Å². The Morgan fingerprint density at radius 3 is 1.36 bits per heavy atom. The second kappa shape index (κ2) is 12.5. The summed E-state index contributed by atoms with van der Waals surface area (Å²) < 4.78 is 0. The Hall–Kier alpha value is -1.94. The van der Waals surface area contributed by atoms with Crippen LogP contribution in [0.3, 0.4) is 0 Å². The Morgan fingerprint density at radius 2 is 1.03 bits per heavy atom. The second-order valence-electron chi connectivity index (χ2n) is 7.91. The van der Waals surface area contributed by atoms with E-state index in [1.807, 2.05) is 90.1 Å². The van der Waals surface area contributed by atoms with Crippen molar-refractivity contribution in [3.63, 3.8) is 0 Å². The molecule has 0 saturated heterocycles. The first-order chi connectivity index (χ1) is 15.6. The van der Waals surface area contributed by atoms with Crippen LogP contribution in [-0.2, 0) is 20.8 Å². The predicted octanol–water partition coefficient (Wildman–Crippen LogP) is 7.99. The summed E-state index contributed by atoms with van der Waals surface area (Å²) in [5.74, 6) is 0.498. The first-order valence-electron chi connectivity index (χ1n) is 10.4. The van der Waals surface area contributed by atoms with Gasteiger partial charge in [-0.1, -0.05) is 24.3 Å². The number of hydrogen-bond donors (Lipinski definition) is 2. The zero-order chi connectivity index (χ0) is 24.7. The van der Waals surface area contributed by atoms with Crippen molar-refractivity contribution in [2.24, 2.45) is 9.98 Å². The Labute approximate surface area is 214 Å². The van der Waals surface area contributed by atoms with Gasteiger partial charge in [-0.05, 0) is 88.1 Å². The molecule has 3 rings (SSSR count). The summed E-state index contributed by atoms with van der Waals surface area (Å²) in [5.41, 5.74) is 8.07. The molecule has 7 heteroatoms. The third-order valence-electron chi connectivity index (χ3n) is 5.13. The van der Waals surface area contributed by atoms with E-state index in [4.69, 9.17) is 27.0 Å². The zero-order valence-corrected chi connectivity index (χ0v) is 23.6. The molecule has 0 atom stereocenters.